The van der Waals surface area contributed by atoms with Crippen LogP contribution < -0.4 is 16.0 Å². The lowest BCUT2D eigenvalue weighted by Crippen LogP contribution is -2.44. The van der Waals surface area contributed by atoms with Gasteiger partial charge in [0.15, 0.2) is 0 Å². The lowest BCUT2D eigenvalue weighted by atomic mass is 9.94. The standard InChI is InChI=1S/C11H14Cl2N2O2/c1-11(2,10(16)15-14)6-17-8-5-3-4-7(12)9(8)13/h3-5H,6,14H2,1-2H3,(H,15,16). The van der Waals surface area contributed by atoms with Crippen molar-refractivity contribution in [3.8, 4) is 5.75 Å². The van der Waals surface area contributed by atoms with Crippen LogP contribution in [0.15, 0.2) is 18.2 Å². The summed E-state index contributed by atoms with van der Waals surface area (Å²) in [7, 11) is 0. The summed E-state index contributed by atoms with van der Waals surface area (Å²) in [5.41, 5.74) is 1.34. The molecule has 1 aromatic rings. The molecule has 4 nitrogen and oxygen atoms in total. The summed E-state index contributed by atoms with van der Waals surface area (Å²) in [4.78, 5) is 11.4. The van der Waals surface area contributed by atoms with Crippen LogP contribution in [0.5, 0.6) is 5.75 Å². The van der Waals surface area contributed by atoms with Crippen molar-refractivity contribution in [2.45, 2.75) is 13.8 Å². The van der Waals surface area contributed by atoms with Crippen molar-refractivity contribution in [2.24, 2.45) is 11.3 Å². The SMILES string of the molecule is CC(C)(COc1cccc(Cl)c1Cl)C(=O)NN. The molecule has 0 unspecified atom stereocenters. The van der Waals surface area contributed by atoms with Crippen molar-refractivity contribution in [3.63, 3.8) is 0 Å². The van der Waals surface area contributed by atoms with Crippen LogP contribution in [0.3, 0.4) is 0 Å². The number of nitrogens with one attached hydrogen (secondary N) is 1. The number of benzene rings is 1. The molecule has 0 aliphatic heterocycles. The van der Waals surface area contributed by atoms with Gasteiger partial charge in [-0.1, -0.05) is 29.3 Å². The van der Waals surface area contributed by atoms with Crippen molar-refractivity contribution in [1.29, 1.82) is 0 Å². The third-order valence-electron chi connectivity index (χ3n) is 2.25. The molecule has 0 saturated carbocycles. The van der Waals surface area contributed by atoms with Crippen molar-refractivity contribution < 1.29 is 9.53 Å². The van der Waals surface area contributed by atoms with Crippen molar-refractivity contribution in [1.82, 2.24) is 5.43 Å². The number of hydrogen-bond donors (Lipinski definition) is 2. The van der Waals surface area contributed by atoms with Gasteiger partial charge in [-0.15, -0.1) is 0 Å². The molecule has 0 bridgehead atoms. The van der Waals surface area contributed by atoms with Gasteiger partial charge in [0, 0.05) is 0 Å². The maximum Gasteiger partial charge on any atom is 0.242 e. The number of hydrogen-bond acceptors (Lipinski definition) is 3. The molecule has 3 N–H and O–H groups in total. The maximum absolute atomic E-state index is 11.4. The summed E-state index contributed by atoms with van der Waals surface area (Å²) in [5, 5.41) is 0.739. The topological polar surface area (TPSA) is 64.3 Å². The fraction of sp³-hybridized carbons (Fsp3) is 0.364. The minimum absolute atomic E-state index is 0.149. The van der Waals surface area contributed by atoms with Gasteiger partial charge in [0.2, 0.25) is 5.91 Å². The maximum atomic E-state index is 11.4. The van der Waals surface area contributed by atoms with Gasteiger partial charge in [0.25, 0.3) is 0 Å². The van der Waals surface area contributed by atoms with Crippen LogP contribution in [-0.2, 0) is 4.79 Å². The Kier molecular flexibility index (Phi) is 4.62. The number of carbonyl (C=O) groups excluding carboxylic acids is 1. The van der Waals surface area contributed by atoms with E-state index < -0.39 is 5.41 Å². The molecule has 6 heteroatoms. The fourth-order valence-electron chi connectivity index (χ4n) is 1.11. The van der Waals surface area contributed by atoms with Gasteiger partial charge in [0.1, 0.15) is 17.4 Å². The molecule has 17 heavy (non-hydrogen) atoms. The molecule has 1 amide bonds. The van der Waals surface area contributed by atoms with Crippen LogP contribution in [0.25, 0.3) is 0 Å². The monoisotopic (exact) mass is 276 g/mol. The number of nitrogens with two attached hydrogens (primary N) is 1. The fourth-order valence-corrected chi connectivity index (χ4v) is 1.46. The van der Waals surface area contributed by atoms with E-state index in [0.29, 0.717) is 15.8 Å². The average molecular weight is 277 g/mol. The van der Waals surface area contributed by atoms with Crippen molar-refractivity contribution in [2.75, 3.05) is 6.61 Å². The van der Waals surface area contributed by atoms with E-state index in [2.05, 4.69) is 5.43 Å². The van der Waals surface area contributed by atoms with E-state index in [0.717, 1.165) is 0 Å². The molecule has 0 fully saturated rings. The predicted molar refractivity (Wildman–Crippen MR) is 68.1 cm³/mol. The molecule has 0 saturated heterocycles. The highest BCUT2D eigenvalue weighted by Crippen LogP contribution is 2.32. The van der Waals surface area contributed by atoms with Gasteiger partial charge < -0.3 is 4.74 Å². The zero-order valence-corrected chi connectivity index (χ0v) is 11.1. The number of halogens is 2. The Morgan fingerprint density at radius 2 is 2.12 bits per heavy atom. The van der Waals surface area contributed by atoms with Crippen LogP contribution in [0.4, 0.5) is 0 Å². The second kappa shape index (κ2) is 5.58. The Hall–Kier alpha value is -0.970. The lowest BCUT2D eigenvalue weighted by molar-refractivity contribution is -0.130. The van der Waals surface area contributed by atoms with Crippen LogP contribution in [0.2, 0.25) is 10.0 Å². The second-order valence-electron chi connectivity index (χ2n) is 4.20. The first-order chi connectivity index (χ1) is 7.88. The highest BCUT2D eigenvalue weighted by molar-refractivity contribution is 6.42. The zero-order chi connectivity index (χ0) is 13.1. The van der Waals surface area contributed by atoms with Gasteiger partial charge in [-0.2, -0.15) is 0 Å². The summed E-state index contributed by atoms with van der Waals surface area (Å²) >= 11 is 11.8. The molecule has 0 radical (unpaired) electrons. The Labute approximate surface area is 110 Å². The van der Waals surface area contributed by atoms with E-state index in [1.165, 1.54) is 0 Å². The van der Waals surface area contributed by atoms with Gasteiger partial charge in [0.05, 0.1) is 10.4 Å². The number of carbonyl (C=O) groups is 1. The van der Waals surface area contributed by atoms with Crippen LogP contribution in [0, 0.1) is 5.41 Å². The first-order valence-corrected chi connectivity index (χ1v) is 5.72. The van der Waals surface area contributed by atoms with E-state index in [-0.39, 0.29) is 12.5 Å². The number of amides is 1. The van der Waals surface area contributed by atoms with E-state index in [4.69, 9.17) is 33.8 Å². The largest absolute Gasteiger partial charge is 0.491 e. The number of hydrazine groups is 1. The molecule has 1 rings (SSSR count). The Balaban J connectivity index is 2.74. The molecule has 0 spiro atoms. The van der Waals surface area contributed by atoms with E-state index in [9.17, 15) is 4.79 Å². The third-order valence-corrected chi connectivity index (χ3v) is 3.05. The predicted octanol–water partition coefficient (Wildman–Crippen LogP) is 2.39. The van der Waals surface area contributed by atoms with Crippen LogP contribution >= 0.6 is 23.2 Å². The lowest BCUT2D eigenvalue weighted by Gasteiger charge is -2.22. The zero-order valence-electron chi connectivity index (χ0n) is 9.59. The van der Waals surface area contributed by atoms with Crippen molar-refractivity contribution >= 4 is 29.1 Å². The summed E-state index contributed by atoms with van der Waals surface area (Å²) in [6, 6.07) is 5.07. The molecular formula is C11H14Cl2N2O2. The minimum Gasteiger partial charge on any atom is -0.491 e. The summed E-state index contributed by atoms with van der Waals surface area (Å²) in [5.74, 6) is 5.21. The molecule has 0 aliphatic rings. The molecule has 0 heterocycles. The number of ether oxygens (including phenoxy) is 1. The normalized spacial score (nSPS) is 11.1. The van der Waals surface area contributed by atoms with Crippen LogP contribution in [-0.4, -0.2) is 12.5 Å². The average Bonchev–Trinajstić information content (AvgIpc) is 2.30. The molecule has 0 aromatic heterocycles. The summed E-state index contributed by atoms with van der Waals surface area (Å²) < 4.78 is 5.47. The van der Waals surface area contributed by atoms with Gasteiger partial charge in [-0.05, 0) is 26.0 Å². The highest BCUT2D eigenvalue weighted by Gasteiger charge is 2.28. The van der Waals surface area contributed by atoms with Gasteiger partial charge in [-0.3, -0.25) is 10.2 Å². The van der Waals surface area contributed by atoms with E-state index in [1.807, 2.05) is 0 Å². The highest BCUT2D eigenvalue weighted by atomic mass is 35.5. The quantitative estimate of drug-likeness (QED) is 0.504. The first-order valence-electron chi connectivity index (χ1n) is 4.96. The molecular weight excluding hydrogens is 263 g/mol. The van der Waals surface area contributed by atoms with Crippen LogP contribution in [0.1, 0.15) is 13.8 Å². The minimum atomic E-state index is -0.750. The smallest absolute Gasteiger partial charge is 0.242 e. The molecule has 0 atom stereocenters. The van der Waals surface area contributed by atoms with Gasteiger partial charge >= 0.3 is 0 Å². The Morgan fingerprint density at radius 1 is 1.47 bits per heavy atom. The molecule has 94 valence electrons. The Morgan fingerprint density at radius 3 is 2.71 bits per heavy atom. The first kappa shape index (κ1) is 14.1. The summed E-state index contributed by atoms with van der Waals surface area (Å²) in [6.07, 6.45) is 0. The van der Waals surface area contributed by atoms with Crippen molar-refractivity contribution in [3.05, 3.63) is 28.2 Å². The van der Waals surface area contributed by atoms with Gasteiger partial charge in [-0.25, -0.2) is 5.84 Å². The molecule has 1 aromatic carbocycles. The van der Waals surface area contributed by atoms with E-state index >= 15 is 0 Å². The molecule has 0 aliphatic carbocycles. The number of rotatable bonds is 4. The Bertz CT molecular complexity index is 422. The van der Waals surface area contributed by atoms with E-state index in [1.54, 1.807) is 32.0 Å². The third kappa shape index (κ3) is 3.49. The summed E-state index contributed by atoms with van der Waals surface area (Å²) in [6.45, 7) is 3.58. The second-order valence-corrected chi connectivity index (χ2v) is 4.98.